The maximum absolute atomic E-state index is 5.90. The molecule has 2 aromatic rings. The van der Waals surface area contributed by atoms with Crippen LogP contribution in [0.25, 0.3) is 0 Å². The molecule has 3 rings (SSSR count). The van der Waals surface area contributed by atoms with Crippen molar-refractivity contribution in [1.82, 2.24) is 20.2 Å². The second-order valence-corrected chi connectivity index (χ2v) is 6.96. The molecule has 2 aromatic heterocycles. The highest BCUT2D eigenvalue weighted by Crippen LogP contribution is 2.25. The number of aromatic nitrogens is 2. The Morgan fingerprint density at radius 1 is 1.28 bits per heavy atom. The van der Waals surface area contributed by atoms with E-state index < -0.39 is 0 Å². The van der Waals surface area contributed by atoms with E-state index in [1.54, 1.807) is 11.3 Å². The topological polar surface area (TPSA) is 79.1 Å². The number of nitrogens with one attached hydrogen (secondary N) is 2. The van der Waals surface area contributed by atoms with Crippen molar-refractivity contribution in [2.75, 3.05) is 44.8 Å². The summed E-state index contributed by atoms with van der Waals surface area (Å²) in [4.78, 5) is 12.4. The summed E-state index contributed by atoms with van der Waals surface area (Å²) in [6.45, 7) is 2.69. The summed E-state index contributed by atoms with van der Waals surface area (Å²) in [5.74, 6) is 1.24. The van der Waals surface area contributed by atoms with Crippen molar-refractivity contribution in [2.24, 2.45) is 0 Å². The van der Waals surface area contributed by atoms with Gasteiger partial charge in [-0.05, 0) is 38.5 Å². The monoisotopic (exact) mass is 404 g/mol. The molecule has 0 radical (unpaired) electrons. The summed E-state index contributed by atoms with van der Waals surface area (Å²) < 4.78 is 0. The SMILES string of the molecule is CN(C)C(CNc1nc(N)nc2c1CCNCC2)c1cccs1.Cl.Cl. The van der Waals surface area contributed by atoms with Crippen molar-refractivity contribution in [3.8, 4) is 0 Å². The molecule has 6 nitrogen and oxygen atoms in total. The molecule has 9 heteroatoms. The van der Waals surface area contributed by atoms with Crippen LogP contribution in [0.5, 0.6) is 0 Å². The molecular weight excluding hydrogens is 379 g/mol. The van der Waals surface area contributed by atoms with E-state index >= 15 is 0 Å². The van der Waals surface area contributed by atoms with Crippen molar-refractivity contribution >= 4 is 47.9 Å². The lowest BCUT2D eigenvalue weighted by Crippen LogP contribution is -2.27. The molecule has 0 aromatic carbocycles. The lowest BCUT2D eigenvalue weighted by molar-refractivity contribution is 0.316. The van der Waals surface area contributed by atoms with Crippen LogP contribution in [0.3, 0.4) is 0 Å². The maximum Gasteiger partial charge on any atom is 0.222 e. The molecular formula is C16H26Cl2N6S. The lowest BCUT2D eigenvalue weighted by atomic mass is 10.1. The Bertz CT molecular complexity index is 650. The third-order valence-electron chi connectivity index (χ3n) is 4.16. The molecule has 0 fully saturated rings. The Hall–Kier alpha value is -1.12. The van der Waals surface area contributed by atoms with Gasteiger partial charge in [0.25, 0.3) is 0 Å². The number of fused-ring (bicyclic) bond motifs is 1. The van der Waals surface area contributed by atoms with Crippen LogP contribution in [0.2, 0.25) is 0 Å². The number of likely N-dealkylation sites (N-methyl/N-ethyl adjacent to an activating group) is 1. The lowest BCUT2D eigenvalue weighted by Gasteiger charge is -2.24. The molecule has 4 N–H and O–H groups in total. The number of nitrogens with zero attached hydrogens (tertiary/aromatic N) is 3. The summed E-state index contributed by atoms with van der Waals surface area (Å²) in [5.41, 5.74) is 8.18. The summed E-state index contributed by atoms with van der Waals surface area (Å²) in [7, 11) is 4.20. The van der Waals surface area contributed by atoms with Crippen molar-refractivity contribution in [1.29, 1.82) is 0 Å². The summed E-state index contributed by atoms with van der Waals surface area (Å²) in [6, 6.07) is 4.58. The van der Waals surface area contributed by atoms with E-state index in [0.29, 0.717) is 12.0 Å². The predicted molar refractivity (Wildman–Crippen MR) is 110 cm³/mol. The predicted octanol–water partition coefficient (Wildman–Crippen LogP) is 2.37. The smallest absolute Gasteiger partial charge is 0.222 e. The quantitative estimate of drug-likeness (QED) is 0.709. The van der Waals surface area contributed by atoms with Gasteiger partial charge in [-0.15, -0.1) is 36.2 Å². The minimum absolute atomic E-state index is 0. The highest BCUT2D eigenvalue weighted by Gasteiger charge is 2.19. The second-order valence-electron chi connectivity index (χ2n) is 5.98. The average molecular weight is 405 g/mol. The molecule has 1 aliphatic rings. The van der Waals surface area contributed by atoms with Crippen LogP contribution in [0.15, 0.2) is 17.5 Å². The first-order valence-corrected chi connectivity index (χ1v) is 8.83. The number of thiophene rings is 1. The van der Waals surface area contributed by atoms with Crippen LogP contribution in [0, 0.1) is 0 Å². The molecule has 0 saturated heterocycles. The van der Waals surface area contributed by atoms with Gasteiger partial charge in [-0.25, -0.2) is 4.98 Å². The number of hydrogen-bond donors (Lipinski definition) is 3. The Balaban J connectivity index is 0.00000156. The molecule has 0 aliphatic carbocycles. The summed E-state index contributed by atoms with van der Waals surface area (Å²) in [5, 5.41) is 9.04. The average Bonchev–Trinajstić information content (AvgIpc) is 2.92. The summed E-state index contributed by atoms with van der Waals surface area (Å²) in [6.07, 6.45) is 1.84. The van der Waals surface area contributed by atoms with Crippen LogP contribution in [0.1, 0.15) is 22.2 Å². The van der Waals surface area contributed by atoms with Crippen molar-refractivity contribution in [2.45, 2.75) is 18.9 Å². The van der Waals surface area contributed by atoms with E-state index in [0.717, 1.165) is 44.0 Å². The molecule has 1 atom stereocenters. The van der Waals surface area contributed by atoms with E-state index in [9.17, 15) is 0 Å². The van der Waals surface area contributed by atoms with Gasteiger partial charge in [0.1, 0.15) is 5.82 Å². The standard InChI is InChI=1S/C16H24N6S.2ClH/c1-22(2)13(14-4-3-9-23-14)10-19-15-11-5-7-18-8-6-12(11)20-16(17)21-15;;/h3-4,9,13,18H,5-8,10H2,1-2H3,(H3,17,19,20,21);2*1H. The molecule has 1 unspecified atom stereocenters. The number of nitrogen functional groups attached to an aromatic ring is 1. The molecule has 3 heterocycles. The van der Waals surface area contributed by atoms with Gasteiger partial charge in [0.15, 0.2) is 0 Å². The highest BCUT2D eigenvalue weighted by molar-refractivity contribution is 7.10. The van der Waals surface area contributed by atoms with Gasteiger partial charge in [-0.2, -0.15) is 4.98 Å². The van der Waals surface area contributed by atoms with Crippen LogP contribution in [0.4, 0.5) is 11.8 Å². The first-order chi connectivity index (χ1) is 11.1. The van der Waals surface area contributed by atoms with Gasteiger partial charge in [0, 0.05) is 30.0 Å². The number of rotatable bonds is 5. The number of hydrogen-bond acceptors (Lipinski definition) is 7. The highest BCUT2D eigenvalue weighted by atomic mass is 35.5. The van der Waals surface area contributed by atoms with Crippen LogP contribution in [-0.4, -0.2) is 48.6 Å². The van der Waals surface area contributed by atoms with Crippen LogP contribution < -0.4 is 16.4 Å². The van der Waals surface area contributed by atoms with E-state index in [2.05, 4.69) is 57.1 Å². The van der Waals surface area contributed by atoms with E-state index in [1.165, 1.54) is 10.4 Å². The van der Waals surface area contributed by atoms with E-state index in [4.69, 9.17) is 5.73 Å². The molecule has 25 heavy (non-hydrogen) atoms. The fourth-order valence-electron chi connectivity index (χ4n) is 2.92. The Morgan fingerprint density at radius 3 is 2.72 bits per heavy atom. The van der Waals surface area contributed by atoms with Crippen LogP contribution in [-0.2, 0) is 12.8 Å². The molecule has 0 spiro atoms. The zero-order valence-corrected chi connectivity index (χ0v) is 16.9. The van der Waals surface area contributed by atoms with Crippen molar-refractivity contribution in [3.63, 3.8) is 0 Å². The first-order valence-electron chi connectivity index (χ1n) is 7.95. The summed E-state index contributed by atoms with van der Waals surface area (Å²) >= 11 is 1.78. The van der Waals surface area contributed by atoms with Gasteiger partial charge in [0.2, 0.25) is 5.95 Å². The zero-order chi connectivity index (χ0) is 16.2. The number of anilines is 2. The minimum Gasteiger partial charge on any atom is -0.368 e. The molecule has 0 bridgehead atoms. The zero-order valence-electron chi connectivity index (χ0n) is 14.5. The minimum atomic E-state index is 0. The second kappa shape index (κ2) is 10.1. The van der Waals surface area contributed by atoms with Crippen molar-refractivity contribution in [3.05, 3.63) is 33.6 Å². The fourth-order valence-corrected chi connectivity index (χ4v) is 3.84. The fraction of sp³-hybridized carbons (Fsp3) is 0.500. The Kier molecular flexibility index (Phi) is 8.88. The largest absolute Gasteiger partial charge is 0.368 e. The first kappa shape index (κ1) is 21.9. The molecule has 1 aliphatic heterocycles. The van der Waals surface area contributed by atoms with Gasteiger partial charge < -0.3 is 21.3 Å². The van der Waals surface area contributed by atoms with Gasteiger partial charge in [0.05, 0.1) is 11.7 Å². The number of nitrogens with two attached hydrogens (primary N) is 1. The van der Waals surface area contributed by atoms with Gasteiger partial charge in [-0.3, -0.25) is 0 Å². The third-order valence-corrected chi connectivity index (χ3v) is 5.13. The van der Waals surface area contributed by atoms with E-state index in [1.807, 2.05) is 0 Å². The van der Waals surface area contributed by atoms with E-state index in [-0.39, 0.29) is 24.8 Å². The van der Waals surface area contributed by atoms with Gasteiger partial charge in [-0.1, -0.05) is 6.07 Å². The molecule has 140 valence electrons. The normalized spacial score (nSPS) is 14.7. The Morgan fingerprint density at radius 2 is 2.04 bits per heavy atom. The third kappa shape index (κ3) is 5.43. The van der Waals surface area contributed by atoms with Crippen molar-refractivity contribution < 1.29 is 0 Å². The maximum atomic E-state index is 5.90. The molecule has 0 saturated carbocycles. The number of halogens is 2. The molecule has 0 amide bonds. The van der Waals surface area contributed by atoms with Gasteiger partial charge >= 0.3 is 0 Å². The Labute approximate surface area is 165 Å². The van der Waals surface area contributed by atoms with Crippen LogP contribution >= 0.6 is 36.2 Å².